The Morgan fingerprint density at radius 2 is 1.92 bits per heavy atom. The quantitative estimate of drug-likeness (QED) is 0.653. The van der Waals surface area contributed by atoms with E-state index >= 15 is 0 Å². The van der Waals surface area contributed by atoms with Gasteiger partial charge in [-0.1, -0.05) is 42.5 Å². The molecule has 1 aromatic heterocycles. The molecule has 24 heavy (non-hydrogen) atoms. The first-order valence-electron chi connectivity index (χ1n) is 8.13. The van der Waals surface area contributed by atoms with Crippen LogP contribution in [0.2, 0.25) is 0 Å². The molecule has 120 valence electrons. The number of hydrogen-bond acceptors (Lipinski definition) is 2. The average molecular weight is 317 g/mol. The summed E-state index contributed by atoms with van der Waals surface area (Å²) in [5, 5.41) is 1.09. The van der Waals surface area contributed by atoms with Crippen molar-refractivity contribution in [2.45, 2.75) is 18.3 Å². The number of methoxy groups -OCH3 is 1. The molecule has 2 aromatic carbocycles. The Balaban J connectivity index is 1.91. The molecule has 0 amide bonds. The van der Waals surface area contributed by atoms with E-state index in [2.05, 4.69) is 12.6 Å². The molecule has 0 fully saturated rings. The zero-order valence-corrected chi connectivity index (χ0v) is 13.6. The predicted molar refractivity (Wildman–Crippen MR) is 95.9 cm³/mol. The van der Waals surface area contributed by atoms with Gasteiger partial charge in [0.1, 0.15) is 5.75 Å². The minimum absolute atomic E-state index is 0.0444. The Labute approximate surface area is 141 Å². The first kappa shape index (κ1) is 14.8. The van der Waals surface area contributed by atoms with Crippen molar-refractivity contribution >= 4 is 16.8 Å². The summed E-state index contributed by atoms with van der Waals surface area (Å²) in [6.45, 7) is 4.04. The molecule has 0 bridgehead atoms. The summed E-state index contributed by atoms with van der Waals surface area (Å²) in [5.74, 6) is 1.07. The smallest absolute Gasteiger partial charge is 0.231 e. The molecule has 3 aromatic rings. The lowest BCUT2D eigenvalue weighted by Gasteiger charge is -2.31. The van der Waals surface area contributed by atoms with Crippen molar-refractivity contribution in [3.8, 4) is 5.75 Å². The van der Waals surface area contributed by atoms with E-state index in [-0.39, 0.29) is 17.7 Å². The van der Waals surface area contributed by atoms with Crippen LogP contribution in [0.15, 0.2) is 67.3 Å². The molecule has 0 saturated heterocycles. The predicted octanol–water partition coefficient (Wildman–Crippen LogP) is 4.75. The molecule has 2 heterocycles. The van der Waals surface area contributed by atoms with E-state index in [0.29, 0.717) is 6.42 Å². The van der Waals surface area contributed by atoms with E-state index in [1.807, 2.05) is 59.2 Å². The fourth-order valence-corrected chi connectivity index (χ4v) is 3.87. The van der Waals surface area contributed by atoms with E-state index in [1.165, 1.54) is 0 Å². The van der Waals surface area contributed by atoms with Gasteiger partial charge in [0, 0.05) is 29.3 Å². The van der Waals surface area contributed by atoms with Gasteiger partial charge in [-0.25, -0.2) is 0 Å². The molecule has 0 aliphatic carbocycles. The van der Waals surface area contributed by atoms with Crippen molar-refractivity contribution in [2.24, 2.45) is 0 Å². The van der Waals surface area contributed by atoms with Crippen LogP contribution in [0.3, 0.4) is 0 Å². The first-order chi connectivity index (χ1) is 11.7. The van der Waals surface area contributed by atoms with Gasteiger partial charge in [-0.05, 0) is 23.8 Å². The molecule has 0 radical (unpaired) electrons. The highest BCUT2D eigenvalue weighted by molar-refractivity contribution is 5.95. The van der Waals surface area contributed by atoms with E-state index in [9.17, 15) is 4.79 Å². The van der Waals surface area contributed by atoms with Crippen LogP contribution in [-0.2, 0) is 0 Å². The number of fused-ring (bicyclic) bond motifs is 3. The molecule has 1 aliphatic rings. The Hall–Kier alpha value is -2.81. The lowest BCUT2D eigenvalue weighted by atomic mass is 9.79. The zero-order valence-electron chi connectivity index (χ0n) is 13.6. The topological polar surface area (TPSA) is 31.2 Å². The highest BCUT2D eigenvalue weighted by Crippen LogP contribution is 2.45. The standard InChI is InChI=1S/C21H19NO2/c1-3-15-17(16-9-5-7-11-20(16)24-2)13-21(23)22-18-10-6-4-8-14(18)12-19(15)22/h3-12,15,17H,1,13H2,2H3/t15-,17+/m1/s1. The summed E-state index contributed by atoms with van der Waals surface area (Å²) in [5.41, 5.74) is 3.05. The second-order valence-electron chi connectivity index (χ2n) is 6.17. The molecule has 0 unspecified atom stereocenters. The fourth-order valence-electron chi connectivity index (χ4n) is 3.87. The zero-order chi connectivity index (χ0) is 16.7. The third-order valence-corrected chi connectivity index (χ3v) is 4.95. The van der Waals surface area contributed by atoms with Crippen LogP contribution < -0.4 is 4.74 Å². The number of carbonyl (C=O) groups excluding carboxylic acids is 1. The maximum atomic E-state index is 12.9. The van der Waals surface area contributed by atoms with E-state index in [0.717, 1.165) is 27.9 Å². The van der Waals surface area contributed by atoms with Gasteiger partial charge in [0.15, 0.2) is 0 Å². The van der Waals surface area contributed by atoms with Gasteiger partial charge in [-0.3, -0.25) is 9.36 Å². The highest BCUT2D eigenvalue weighted by Gasteiger charge is 2.35. The summed E-state index contributed by atoms with van der Waals surface area (Å²) in [7, 11) is 1.67. The molecule has 0 saturated carbocycles. The van der Waals surface area contributed by atoms with Gasteiger partial charge in [-0.2, -0.15) is 0 Å². The Morgan fingerprint density at radius 3 is 2.71 bits per heavy atom. The van der Waals surface area contributed by atoms with Gasteiger partial charge >= 0.3 is 0 Å². The van der Waals surface area contributed by atoms with Crippen LogP contribution >= 0.6 is 0 Å². The number of ether oxygens (including phenoxy) is 1. The summed E-state index contributed by atoms with van der Waals surface area (Å²) in [4.78, 5) is 12.9. The number of rotatable bonds is 3. The fraction of sp³-hybridized carbons (Fsp3) is 0.190. The van der Waals surface area contributed by atoms with E-state index in [1.54, 1.807) is 7.11 Å². The summed E-state index contributed by atoms with van der Waals surface area (Å²) >= 11 is 0. The lowest BCUT2D eigenvalue weighted by molar-refractivity contribution is 0.0873. The molecular formula is C21H19NO2. The van der Waals surface area contributed by atoms with Crippen molar-refractivity contribution in [3.63, 3.8) is 0 Å². The van der Waals surface area contributed by atoms with E-state index in [4.69, 9.17) is 4.74 Å². The Kier molecular flexibility index (Phi) is 3.49. The van der Waals surface area contributed by atoms with Crippen molar-refractivity contribution in [1.82, 2.24) is 4.57 Å². The van der Waals surface area contributed by atoms with Crippen LogP contribution in [0.5, 0.6) is 5.75 Å². The van der Waals surface area contributed by atoms with Crippen LogP contribution in [0, 0.1) is 0 Å². The van der Waals surface area contributed by atoms with Crippen molar-refractivity contribution in [1.29, 1.82) is 0 Å². The monoisotopic (exact) mass is 317 g/mol. The number of carbonyl (C=O) groups is 1. The highest BCUT2D eigenvalue weighted by atomic mass is 16.5. The maximum absolute atomic E-state index is 12.9. The summed E-state index contributed by atoms with van der Waals surface area (Å²) < 4.78 is 7.38. The third kappa shape index (κ3) is 2.08. The average Bonchev–Trinajstić information content (AvgIpc) is 3.01. The molecular weight excluding hydrogens is 298 g/mol. The van der Waals surface area contributed by atoms with E-state index < -0.39 is 0 Å². The number of benzene rings is 2. The third-order valence-electron chi connectivity index (χ3n) is 4.95. The van der Waals surface area contributed by atoms with Crippen LogP contribution in [0.4, 0.5) is 0 Å². The molecule has 3 nitrogen and oxygen atoms in total. The SMILES string of the molecule is C=C[C@H]1c2cc3ccccc3n2C(=O)C[C@@H]1c1ccccc1OC. The largest absolute Gasteiger partial charge is 0.496 e. The van der Waals surface area contributed by atoms with Gasteiger partial charge in [0.25, 0.3) is 0 Å². The van der Waals surface area contributed by atoms with Gasteiger partial charge in [0.05, 0.1) is 12.6 Å². The number of hydrogen-bond donors (Lipinski definition) is 0. The lowest BCUT2D eigenvalue weighted by Crippen LogP contribution is -2.28. The second kappa shape index (κ2) is 5.68. The normalized spacial score (nSPS) is 20.0. The maximum Gasteiger partial charge on any atom is 0.231 e. The molecule has 1 aliphatic heterocycles. The van der Waals surface area contributed by atoms with Gasteiger partial charge in [-0.15, -0.1) is 6.58 Å². The molecule has 3 heteroatoms. The Morgan fingerprint density at radius 1 is 1.17 bits per heavy atom. The molecule has 4 rings (SSSR count). The van der Waals surface area contributed by atoms with Crippen LogP contribution in [0.1, 0.15) is 34.3 Å². The van der Waals surface area contributed by atoms with Crippen molar-refractivity contribution in [3.05, 3.63) is 78.5 Å². The van der Waals surface area contributed by atoms with Crippen molar-refractivity contribution < 1.29 is 9.53 Å². The Bertz CT molecular complexity index is 938. The number of allylic oxidation sites excluding steroid dienone is 1. The van der Waals surface area contributed by atoms with Crippen LogP contribution in [-0.4, -0.2) is 17.6 Å². The number of nitrogens with zero attached hydrogens (tertiary/aromatic N) is 1. The number of aromatic nitrogens is 1. The van der Waals surface area contributed by atoms with Gasteiger partial charge < -0.3 is 4.74 Å². The molecule has 0 spiro atoms. The minimum Gasteiger partial charge on any atom is -0.496 e. The van der Waals surface area contributed by atoms with Gasteiger partial charge in [0.2, 0.25) is 5.91 Å². The minimum atomic E-state index is 0.0444. The number of para-hydroxylation sites is 2. The molecule has 2 atom stereocenters. The van der Waals surface area contributed by atoms with Crippen molar-refractivity contribution in [2.75, 3.05) is 7.11 Å². The van der Waals surface area contributed by atoms with Crippen LogP contribution in [0.25, 0.3) is 10.9 Å². The first-order valence-corrected chi connectivity index (χ1v) is 8.13. The second-order valence-corrected chi connectivity index (χ2v) is 6.17. The summed E-state index contributed by atoms with van der Waals surface area (Å²) in [6, 6.07) is 18.1. The molecule has 0 N–H and O–H groups in total. The summed E-state index contributed by atoms with van der Waals surface area (Å²) in [6.07, 6.45) is 2.40.